The molecule has 1 heterocycles. The van der Waals surface area contributed by atoms with E-state index in [9.17, 15) is 9.59 Å². The fourth-order valence-corrected chi connectivity index (χ4v) is 1.85. The maximum Gasteiger partial charge on any atom is 0.309 e. The summed E-state index contributed by atoms with van der Waals surface area (Å²) in [6, 6.07) is 3.29. The van der Waals surface area contributed by atoms with Crippen LogP contribution in [0.1, 0.15) is 26.2 Å². The number of nitrogens with zero attached hydrogens (tertiary/aromatic N) is 1. The number of pyridine rings is 1. The van der Waals surface area contributed by atoms with E-state index in [1.54, 1.807) is 12.1 Å². The van der Waals surface area contributed by atoms with Crippen LogP contribution in [0.25, 0.3) is 0 Å². The summed E-state index contributed by atoms with van der Waals surface area (Å²) in [5.74, 6) is -0.758. The van der Waals surface area contributed by atoms with Gasteiger partial charge in [-0.1, -0.05) is 18.0 Å². The van der Waals surface area contributed by atoms with Crippen LogP contribution < -0.4 is 5.32 Å². The van der Waals surface area contributed by atoms with Crippen LogP contribution in [-0.4, -0.2) is 23.0 Å². The Bertz CT molecular complexity index is 489. The van der Waals surface area contributed by atoms with E-state index in [0.29, 0.717) is 5.69 Å². The summed E-state index contributed by atoms with van der Waals surface area (Å²) in [5, 5.41) is 2.78. The summed E-state index contributed by atoms with van der Waals surface area (Å²) in [7, 11) is 0. The van der Waals surface area contributed by atoms with Gasteiger partial charge in [-0.05, 0) is 31.9 Å². The van der Waals surface area contributed by atoms with Gasteiger partial charge >= 0.3 is 5.97 Å². The van der Waals surface area contributed by atoms with Crippen molar-refractivity contribution in [3.8, 4) is 0 Å². The molecule has 0 aliphatic heterocycles. The molecule has 0 spiro atoms. The van der Waals surface area contributed by atoms with Gasteiger partial charge in [0, 0.05) is 6.20 Å². The predicted molar refractivity (Wildman–Crippen MR) is 70.8 cm³/mol. The second kappa shape index (κ2) is 6.02. The van der Waals surface area contributed by atoms with Crippen LogP contribution in [0.4, 0.5) is 5.69 Å². The molecule has 1 atom stereocenters. The normalized spacial score (nSPS) is 16.3. The van der Waals surface area contributed by atoms with E-state index in [-0.39, 0.29) is 17.0 Å². The fourth-order valence-electron chi connectivity index (χ4n) is 1.68. The molecule has 1 aromatic rings. The van der Waals surface area contributed by atoms with E-state index in [2.05, 4.69) is 10.3 Å². The van der Waals surface area contributed by atoms with E-state index < -0.39 is 12.0 Å². The topological polar surface area (TPSA) is 68.3 Å². The largest absolute Gasteiger partial charge is 0.452 e. The highest BCUT2D eigenvalue weighted by Crippen LogP contribution is 2.28. The van der Waals surface area contributed by atoms with E-state index >= 15 is 0 Å². The molecular formula is C13H15ClN2O3. The Morgan fingerprint density at radius 2 is 2.26 bits per heavy atom. The van der Waals surface area contributed by atoms with Gasteiger partial charge in [0.1, 0.15) is 0 Å². The Morgan fingerprint density at radius 3 is 2.84 bits per heavy atom. The molecule has 6 heteroatoms. The summed E-state index contributed by atoms with van der Waals surface area (Å²) < 4.78 is 5.11. The number of hydrogen-bond acceptors (Lipinski definition) is 4. The molecule has 0 aromatic carbocycles. The van der Waals surface area contributed by atoms with E-state index in [1.807, 2.05) is 0 Å². The van der Waals surface area contributed by atoms with Crippen LogP contribution in [0, 0.1) is 5.92 Å². The van der Waals surface area contributed by atoms with Gasteiger partial charge in [-0.15, -0.1) is 0 Å². The van der Waals surface area contributed by atoms with Crippen LogP contribution in [0.3, 0.4) is 0 Å². The van der Waals surface area contributed by atoms with Crippen LogP contribution in [0.2, 0.25) is 5.15 Å². The Hall–Kier alpha value is -1.62. The smallest absolute Gasteiger partial charge is 0.309 e. The average Bonchev–Trinajstić information content (AvgIpc) is 2.29. The lowest BCUT2D eigenvalue weighted by Crippen LogP contribution is -2.34. The van der Waals surface area contributed by atoms with Gasteiger partial charge in [0.15, 0.2) is 11.3 Å². The molecule has 5 nitrogen and oxygen atoms in total. The maximum atomic E-state index is 11.9. The summed E-state index contributed by atoms with van der Waals surface area (Å²) in [6.45, 7) is 1.54. The molecule has 1 N–H and O–H groups in total. The number of hydrogen-bond donors (Lipinski definition) is 1. The molecule has 0 radical (unpaired) electrons. The number of carbonyl (C=O) groups is 2. The summed E-state index contributed by atoms with van der Waals surface area (Å²) in [5.41, 5.74) is 0.403. The van der Waals surface area contributed by atoms with Gasteiger partial charge in [-0.3, -0.25) is 9.59 Å². The Labute approximate surface area is 116 Å². The lowest BCUT2D eigenvalue weighted by molar-refractivity contribution is -0.159. The number of ether oxygens (including phenoxy) is 1. The SMILES string of the molecule is CC(OC(=O)C1CCC1)C(=O)Nc1cccnc1Cl. The second-order valence-electron chi connectivity index (χ2n) is 4.54. The molecule has 2 rings (SSSR count). The number of halogens is 1. The highest BCUT2D eigenvalue weighted by Gasteiger charge is 2.29. The minimum atomic E-state index is -0.843. The standard InChI is InChI=1S/C13H15ClN2O3/c1-8(19-13(18)9-4-2-5-9)12(17)16-10-6-3-7-15-11(10)14/h3,6-9H,2,4-5H2,1H3,(H,16,17). The lowest BCUT2D eigenvalue weighted by Gasteiger charge is -2.24. The van der Waals surface area contributed by atoms with Gasteiger partial charge in [0.25, 0.3) is 5.91 Å². The molecular weight excluding hydrogens is 268 g/mol. The van der Waals surface area contributed by atoms with Crippen molar-refractivity contribution in [3.63, 3.8) is 0 Å². The van der Waals surface area contributed by atoms with Crippen molar-refractivity contribution in [2.24, 2.45) is 5.92 Å². The molecule has 0 bridgehead atoms. The molecule has 19 heavy (non-hydrogen) atoms. The highest BCUT2D eigenvalue weighted by molar-refractivity contribution is 6.32. The van der Waals surface area contributed by atoms with E-state index in [0.717, 1.165) is 19.3 Å². The van der Waals surface area contributed by atoms with Gasteiger partial charge in [-0.25, -0.2) is 4.98 Å². The Morgan fingerprint density at radius 1 is 1.53 bits per heavy atom. The maximum absolute atomic E-state index is 11.9. The number of aromatic nitrogens is 1. The van der Waals surface area contributed by atoms with Crippen LogP contribution in [0.5, 0.6) is 0 Å². The number of anilines is 1. The number of esters is 1. The molecule has 1 unspecified atom stereocenters. The number of rotatable bonds is 4. The third kappa shape index (κ3) is 3.44. The Kier molecular flexibility index (Phi) is 4.37. The molecule has 1 aliphatic rings. The molecule has 1 aliphatic carbocycles. The molecule has 1 fully saturated rings. The monoisotopic (exact) mass is 282 g/mol. The van der Waals surface area contributed by atoms with Crippen molar-refractivity contribution in [2.75, 3.05) is 5.32 Å². The first kappa shape index (κ1) is 13.8. The van der Waals surface area contributed by atoms with Gasteiger partial charge in [-0.2, -0.15) is 0 Å². The van der Waals surface area contributed by atoms with E-state index in [1.165, 1.54) is 13.1 Å². The summed E-state index contributed by atoms with van der Waals surface area (Å²) >= 11 is 5.83. The van der Waals surface area contributed by atoms with Gasteiger partial charge in [0.05, 0.1) is 11.6 Å². The first-order valence-electron chi connectivity index (χ1n) is 6.20. The molecule has 1 amide bonds. The quantitative estimate of drug-likeness (QED) is 0.680. The molecule has 102 valence electrons. The highest BCUT2D eigenvalue weighted by atomic mass is 35.5. The molecule has 1 aromatic heterocycles. The minimum absolute atomic E-state index is 0.0442. The molecule has 0 saturated heterocycles. The Balaban J connectivity index is 1.88. The fraction of sp³-hybridized carbons (Fsp3) is 0.462. The predicted octanol–water partition coefficient (Wildman–Crippen LogP) is 2.41. The van der Waals surface area contributed by atoms with Crippen molar-refractivity contribution < 1.29 is 14.3 Å². The van der Waals surface area contributed by atoms with Crippen molar-refractivity contribution in [2.45, 2.75) is 32.3 Å². The van der Waals surface area contributed by atoms with Crippen LogP contribution >= 0.6 is 11.6 Å². The second-order valence-corrected chi connectivity index (χ2v) is 4.90. The van der Waals surface area contributed by atoms with Crippen LogP contribution in [0.15, 0.2) is 18.3 Å². The van der Waals surface area contributed by atoms with Crippen molar-refractivity contribution in [3.05, 3.63) is 23.5 Å². The average molecular weight is 283 g/mol. The van der Waals surface area contributed by atoms with Crippen molar-refractivity contribution in [1.82, 2.24) is 4.98 Å². The number of carbonyl (C=O) groups excluding carboxylic acids is 2. The van der Waals surface area contributed by atoms with Crippen LogP contribution in [-0.2, 0) is 14.3 Å². The third-order valence-corrected chi connectivity index (χ3v) is 3.42. The van der Waals surface area contributed by atoms with Gasteiger partial charge in [0.2, 0.25) is 0 Å². The zero-order valence-electron chi connectivity index (χ0n) is 10.6. The minimum Gasteiger partial charge on any atom is -0.452 e. The van der Waals surface area contributed by atoms with Crippen molar-refractivity contribution >= 4 is 29.2 Å². The summed E-state index contributed by atoms with van der Waals surface area (Å²) in [4.78, 5) is 27.3. The van der Waals surface area contributed by atoms with E-state index in [4.69, 9.17) is 16.3 Å². The third-order valence-electron chi connectivity index (χ3n) is 3.12. The number of amides is 1. The zero-order chi connectivity index (χ0) is 13.8. The van der Waals surface area contributed by atoms with Gasteiger partial charge < -0.3 is 10.1 Å². The zero-order valence-corrected chi connectivity index (χ0v) is 11.3. The lowest BCUT2D eigenvalue weighted by atomic mass is 9.86. The number of nitrogens with one attached hydrogen (secondary N) is 1. The first-order chi connectivity index (χ1) is 9.08. The molecule has 1 saturated carbocycles. The summed E-state index contributed by atoms with van der Waals surface area (Å²) in [6.07, 6.45) is 3.43. The first-order valence-corrected chi connectivity index (χ1v) is 6.57. The van der Waals surface area contributed by atoms with Crippen molar-refractivity contribution in [1.29, 1.82) is 0 Å².